The van der Waals surface area contributed by atoms with Crippen LogP contribution in [0.15, 0.2) is 30.3 Å². The smallest absolute Gasteiger partial charge is 0.245 e. The van der Waals surface area contributed by atoms with Crippen molar-refractivity contribution in [1.82, 2.24) is 19.7 Å². The number of benzene rings is 1. The number of halogens is 1. The second kappa shape index (κ2) is 7.57. The minimum atomic E-state index is -0.254. The third kappa shape index (κ3) is 3.54. The van der Waals surface area contributed by atoms with Crippen LogP contribution in [0.3, 0.4) is 0 Å². The van der Waals surface area contributed by atoms with E-state index in [1.807, 2.05) is 34.6 Å². The van der Waals surface area contributed by atoms with Crippen LogP contribution >= 0.6 is 12.4 Å². The van der Waals surface area contributed by atoms with Crippen LogP contribution in [0.1, 0.15) is 30.2 Å². The standard InChI is InChI=1S/C16H21N5O.ClH/c1-12-16(22)20(10-8-13-5-3-2-4-6-13)11-15-19-18-14(7-9-17)21(12)15;/h2-6,12H,7-11,17H2,1H3;1H/t12-;/m1./s1. The van der Waals surface area contributed by atoms with Gasteiger partial charge >= 0.3 is 0 Å². The fourth-order valence-electron chi connectivity index (χ4n) is 2.94. The van der Waals surface area contributed by atoms with Crippen LogP contribution in [0.4, 0.5) is 0 Å². The van der Waals surface area contributed by atoms with Gasteiger partial charge in [-0.05, 0) is 25.5 Å². The first-order valence-corrected chi connectivity index (χ1v) is 7.66. The average Bonchev–Trinajstić information content (AvgIpc) is 2.94. The summed E-state index contributed by atoms with van der Waals surface area (Å²) in [7, 11) is 0. The summed E-state index contributed by atoms with van der Waals surface area (Å²) in [4.78, 5) is 14.5. The number of amides is 1. The van der Waals surface area contributed by atoms with Crippen LogP contribution in [-0.4, -0.2) is 38.7 Å². The number of hydrogen-bond donors (Lipinski definition) is 1. The molecule has 0 aliphatic carbocycles. The van der Waals surface area contributed by atoms with E-state index in [-0.39, 0.29) is 24.4 Å². The Morgan fingerprint density at radius 3 is 2.65 bits per heavy atom. The van der Waals surface area contributed by atoms with E-state index in [1.165, 1.54) is 5.56 Å². The summed E-state index contributed by atoms with van der Waals surface area (Å²) in [6.45, 7) is 3.64. The largest absolute Gasteiger partial charge is 0.333 e. The van der Waals surface area contributed by atoms with Crippen molar-refractivity contribution in [3.8, 4) is 0 Å². The lowest BCUT2D eigenvalue weighted by molar-refractivity contribution is -0.137. The molecule has 6 nitrogen and oxygen atoms in total. The molecular formula is C16H22ClN5O. The van der Waals surface area contributed by atoms with E-state index < -0.39 is 0 Å². The van der Waals surface area contributed by atoms with Gasteiger partial charge in [0.25, 0.3) is 0 Å². The predicted molar refractivity (Wildman–Crippen MR) is 90.3 cm³/mol. The van der Waals surface area contributed by atoms with Crippen molar-refractivity contribution >= 4 is 18.3 Å². The Kier molecular flexibility index (Phi) is 5.74. The third-order valence-corrected chi connectivity index (χ3v) is 4.11. The quantitative estimate of drug-likeness (QED) is 0.894. The van der Waals surface area contributed by atoms with E-state index in [2.05, 4.69) is 22.3 Å². The number of nitrogens with zero attached hydrogens (tertiary/aromatic N) is 4. The van der Waals surface area contributed by atoms with Gasteiger partial charge in [-0.2, -0.15) is 0 Å². The van der Waals surface area contributed by atoms with Crippen molar-refractivity contribution in [3.63, 3.8) is 0 Å². The van der Waals surface area contributed by atoms with Gasteiger partial charge in [-0.25, -0.2) is 0 Å². The van der Waals surface area contributed by atoms with Gasteiger partial charge < -0.3 is 15.2 Å². The molecule has 0 fully saturated rings. The number of aromatic nitrogens is 3. The summed E-state index contributed by atoms with van der Waals surface area (Å²) in [6.07, 6.45) is 1.50. The number of carbonyl (C=O) groups excluding carboxylic acids is 1. The highest BCUT2D eigenvalue weighted by atomic mass is 35.5. The summed E-state index contributed by atoms with van der Waals surface area (Å²) in [5, 5.41) is 8.41. The molecule has 1 amide bonds. The monoisotopic (exact) mass is 335 g/mol. The Morgan fingerprint density at radius 2 is 1.96 bits per heavy atom. The van der Waals surface area contributed by atoms with Crippen LogP contribution in [0, 0.1) is 0 Å². The second-order valence-electron chi connectivity index (χ2n) is 5.61. The average molecular weight is 336 g/mol. The number of rotatable bonds is 5. The normalized spacial score (nSPS) is 16.9. The van der Waals surface area contributed by atoms with Gasteiger partial charge in [-0.1, -0.05) is 30.3 Å². The molecule has 0 saturated heterocycles. The van der Waals surface area contributed by atoms with Gasteiger partial charge in [0.05, 0.1) is 6.54 Å². The van der Waals surface area contributed by atoms with Crippen LogP contribution in [-0.2, 0) is 24.2 Å². The molecule has 7 heteroatoms. The number of hydrogen-bond acceptors (Lipinski definition) is 4. The van der Waals surface area contributed by atoms with Crippen LogP contribution in [0.25, 0.3) is 0 Å². The van der Waals surface area contributed by atoms with Gasteiger partial charge in [0.15, 0.2) is 5.82 Å². The molecule has 0 unspecified atom stereocenters. The summed E-state index contributed by atoms with van der Waals surface area (Å²) < 4.78 is 1.94. The first kappa shape index (κ1) is 17.4. The molecule has 0 bridgehead atoms. The fraction of sp³-hybridized carbons (Fsp3) is 0.438. The molecule has 23 heavy (non-hydrogen) atoms. The Bertz CT molecular complexity index is 658. The predicted octanol–water partition coefficient (Wildman–Crippen LogP) is 1.35. The molecule has 2 heterocycles. The van der Waals surface area contributed by atoms with Crippen molar-refractivity contribution in [3.05, 3.63) is 47.5 Å². The molecule has 1 aromatic carbocycles. The maximum atomic E-state index is 12.6. The van der Waals surface area contributed by atoms with Gasteiger partial charge in [-0.3, -0.25) is 4.79 Å². The van der Waals surface area contributed by atoms with E-state index >= 15 is 0 Å². The maximum Gasteiger partial charge on any atom is 0.245 e. The molecule has 2 N–H and O–H groups in total. The zero-order valence-electron chi connectivity index (χ0n) is 13.2. The van der Waals surface area contributed by atoms with Crippen LogP contribution in [0.2, 0.25) is 0 Å². The zero-order valence-corrected chi connectivity index (χ0v) is 14.0. The minimum absolute atomic E-state index is 0. The highest BCUT2D eigenvalue weighted by molar-refractivity contribution is 5.85. The molecule has 1 aromatic heterocycles. The Morgan fingerprint density at radius 1 is 1.22 bits per heavy atom. The first-order chi connectivity index (χ1) is 10.7. The van der Waals surface area contributed by atoms with Gasteiger partial charge in [0.1, 0.15) is 11.9 Å². The fourth-order valence-corrected chi connectivity index (χ4v) is 2.94. The molecule has 3 rings (SSSR count). The molecule has 0 spiro atoms. The molecule has 1 aliphatic rings. The summed E-state index contributed by atoms with van der Waals surface area (Å²) in [5.41, 5.74) is 6.83. The van der Waals surface area contributed by atoms with E-state index in [9.17, 15) is 4.79 Å². The second-order valence-corrected chi connectivity index (χ2v) is 5.61. The van der Waals surface area contributed by atoms with Crippen molar-refractivity contribution in [2.45, 2.75) is 32.4 Å². The molecule has 2 aromatic rings. The molecule has 1 aliphatic heterocycles. The lowest BCUT2D eigenvalue weighted by atomic mass is 10.1. The minimum Gasteiger partial charge on any atom is -0.333 e. The molecule has 1 atom stereocenters. The number of nitrogens with two attached hydrogens (primary N) is 1. The topological polar surface area (TPSA) is 77.0 Å². The number of carbonyl (C=O) groups is 1. The zero-order chi connectivity index (χ0) is 15.5. The van der Waals surface area contributed by atoms with Crippen molar-refractivity contribution in [1.29, 1.82) is 0 Å². The van der Waals surface area contributed by atoms with Crippen molar-refractivity contribution in [2.24, 2.45) is 5.73 Å². The summed E-state index contributed by atoms with van der Waals surface area (Å²) in [5.74, 6) is 1.78. The first-order valence-electron chi connectivity index (χ1n) is 7.66. The van der Waals surface area contributed by atoms with Crippen molar-refractivity contribution < 1.29 is 4.79 Å². The SMILES string of the molecule is C[C@@H]1C(=O)N(CCc2ccccc2)Cc2nnc(CCN)n21.Cl. The van der Waals surface area contributed by atoms with E-state index in [1.54, 1.807) is 0 Å². The summed E-state index contributed by atoms with van der Waals surface area (Å²) >= 11 is 0. The molecule has 124 valence electrons. The highest BCUT2D eigenvalue weighted by Gasteiger charge is 2.32. The lowest BCUT2D eigenvalue weighted by Crippen LogP contribution is -2.43. The van der Waals surface area contributed by atoms with Crippen LogP contribution in [0.5, 0.6) is 0 Å². The van der Waals surface area contributed by atoms with Gasteiger partial charge in [-0.15, -0.1) is 22.6 Å². The van der Waals surface area contributed by atoms with E-state index in [4.69, 9.17) is 5.73 Å². The molecular weight excluding hydrogens is 314 g/mol. The van der Waals surface area contributed by atoms with Crippen molar-refractivity contribution in [2.75, 3.05) is 13.1 Å². The van der Waals surface area contributed by atoms with Gasteiger partial charge in [0.2, 0.25) is 5.91 Å². The Hall–Kier alpha value is -1.92. The third-order valence-electron chi connectivity index (χ3n) is 4.11. The highest BCUT2D eigenvalue weighted by Crippen LogP contribution is 2.23. The van der Waals surface area contributed by atoms with E-state index in [0.717, 1.165) is 18.1 Å². The summed E-state index contributed by atoms with van der Waals surface area (Å²) in [6, 6.07) is 9.95. The Balaban J connectivity index is 0.00000192. The lowest BCUT2D eigenvalue weighted by Gasteiger charge is -2.32. The number of fused-ring (bicyclic) bond motifs is 1. The van der Waals surface area contributed by atoms with Crippen LogP contribution < -0.4 is 5.73 Å². The molecule has 0 radical (unpaired) electrons. The Labute approximate surface area is 142 Å². The van der Waals surface area contributed by atoms with E-state index in [0.29, 0.717) is 26.1 Å². The maximum absolute atomic E-state index is 12.6. The van der Waals surface area contributed by atoms with Gasteiger partial charge in [0, 0.05) is 13.0 Å². The molecule has 0 saturated carbocycles.